The normalized spacial score (nSPS) is 12.8. The fourth-order valence-corrected chi connectivity index (χ4v) is 4.07. The summed E-state index contributed by atoms with van der Waals surface area (Å²) in [4.78, 5) is 0. The van der Waals surface area contributed by atoms with Crippen LogP contribution in [0.2, 0.25) is 0 Å². The van der Waals surface area contributed by atoms with Crippen LogP contribution in [0.1, 0.15) is 37.0 Å². The molecule has 2 aromatic rings. The smallest absolute Gasteiger partial charge is 0.164 e. The standard InChI is InChI=1S/C25H36O5/c1-9-18(12-20-13-21(26-4)17(3)11-22(20)27-5)16(2)10-19-14-24(29-7)25(30-8)15-23(19)28-6/h11,13-16,18H,9-10,12H2,1-8H3. The second-order valence-electron chi connectivity index (χ2n) is 7.71. The van der Waals surface area contributed by atoms with Crippen molar-refractivity contribution in [1.82, 2.24) is 0 Å². The van der Waals surface area contributed by atoms with E-state index in [-0.39, 0.29) is 0 Å². The zero-order valence-corrected chi connectivity index (χ0v) is 19.6. The molecule has 0 amide bonds. The van der Waals surface area contributed by atoms with Crippen molar-refractivity contribution in [3.8, 4) is 28.7 Å². The monoisotopic (exact) mass is 416 g/mol. The molecule has 0 heterocycles. The molecule has 0 saturated carbocycles. The van der Waals surface area contributed by atoms with Gasteiger partial charge < -0.3 is 23.7 Å². The topological polar surface area (TPSA) is 46.2 Å². The molecule has 0 aliphatic heterocycles. The van der Waals surface area contributed by atoms with Crippen molar-refractivity contribution < 1.29 is 23.7 Å². The van der Waals surface area contributed by atoms with Crippen molar-refractivity contribution in [2.75, 3.05) is 35.5 Å². The third-order valence-corrected chi connectivity index (χ3v) is 5.94. The minimum absolute atomic E-state index is 0.430. The van der Waals surface area contributed by atoms with Crippen molar-refractivity contribution in [3.05, 3.63) is 41.0 Å². The van der Waals surface area contributed by atoms with Gasteiger partial charge in [-0.25, -0.2) is 0 Å². The Morgan fingerprint density at radius 1 is 0.633 bits per heavy atom. The quantitative estimate of drug-likeness (QED) is 0.485. The summed E-state index contributed by atoms with van der Waals surface area (Å²) in [7, 11) is 8.42. The summed E-state index contributed by atoms with van der Waals surface area (Å²) in [5.74, 6) is 4.94. The average molecular weight is 417 g/mol. The lowest BCUT2D eigenvalue weighted by molar-refractivity contribution is 0.323. The van der Waals surface area contributed by atoms with Gasteiger partial charge >= 0.3 is 0 Å². The van der Waals surface area contributed by atoms with Crippen LogP contribution in [0.3, 0.4) is 0 Å². The fourth-order valence-electron chi connectivity index (χ4n) is 4.07. The maximum absolute atomic E-state index is 5.66. The van der Waals surface area contributed by atoms with Crippen LogP contribution < -0.4 is 23.7 Å². The molecule has 0 aliphatic rings. The molecule has 30 heavy (non-hydrogen) atoms. The third-order valence-electron chi connectivity index (χ3n) is 5.94. The van der Waals surface area contributed by atoms with Crippen LogP contribution in [0.5, 0.6) is 28.7 Å². The van der Waals surface area contributed by atoms with E-state index in [4.69, 9.17) is 23.7 Å². The van der Waals surface area contributed by atoms with Gasteiger partial charge in [-0.3, -0.25) is 0 Å². The van der Waals surface area contributed by atoms with Crippen molar-refractivity contribution in [2.24, 2.45) is 11.8 Å². The summed E-state index contributed by atoms with van der Waals surface area (Å²) in [6.07, 6.45) is 2.87. The molecule has 0 aromatic heterocycles. The molecule has 0 bridgehead atoms. The van der Waals surface area contributed by atoms with Gasteiger partial charge in [-0.1, -0.05) is 20.3 Å². The first kappa shape index (κ1) is 23.7. The molecule has 0 saturated heterocycles. The molecule has 5 heteroatoms. The Hall–Kier alpha value is -2.56. The van der Waals surface area contributed by atoms with E-state index in [0.29, 0.717) is 17.6 Å². The van der Waals surface area contributed by atoms with Gasteiger partial charge in [-0.2, -0.15) is 0 Å². The zero-order valence-electron chi connectivity index (χ0n) is 19.6. The number of hydrogen-bond donors (Lipinski definition) is 0. The highest BCUT2D eigenvalue weighted by Crippen LogP contribution is 2.38. The van der Waals surface area contributed by atoms with Crippen LogP contribution >= 0.6 is 0 Å². The van der Waals surface area contributed by atoms with E-state index in [1.165, 1.54) is 5.56 Å². The van der Waals surface area contributed by atoms with Crippen LogP contribution in [0.25, 0.3) is 0 Å². The van der Waals surface area contributed by atoms with Crippen molar-refractivity contribution >= 4 is 0 Å². The Kier molecular flexibility index (Phi) is 8.70. The van der Waals surface area contributed by atoms with Crippen LogP contribution in [0.4, 0.5) is 0 Å². The van der Waals surface area contributed by atoms with Gasteiger partial charge in [0.1, 0.15) is 17.2 Å². The molecule has 166 valence electrons. The van der Waals surface area contributed by atoms with Crippen LogP contribution in [0, 0.1) is 18.8 Å². The van der Waals surface area contributed by atoms with Gasteiger partial charge in [0, 0.05) is 6.07 Å². The molecule has 0 fully saturated rings. The van der Waals surface area contributed by atoms with Crippen molar-refractivity contribution in [2.45, 2.75) is 40.0 Å². The minimum atomic E-state index is 0.430. The van der Waals surface area contributed by atoms with E-state index in [1.807, 2.05) is 19.1 Å². The van der Waals surface area contributed by atoms with E-state index < -0.39 is 0 Å². The molecule has 0 spiro atoms. The summed E-state index contributed by atoms with van der Waals surface area (Å²) in [5, 5.41) is 0. The Morgan fingerprint density at radius 3 is 1.63 bits per heavy atom. The molecule has 2 unspecified atom stereocenters. The number of hydrogen-bond acceptors (Lipinski definition) is 5. The first-order chi connectivity index (χ1) is 14.4. The maximum atomic E-state index is 5.66. The summed E-state index contributed by atoms with van der Waals surface area (Å²) in [5.41, 5.74) is 3.38. The van der Waals surface area contributed by atoms with Crippen LogP contribution in [-0.2, 0) is 12.8 Å². The lowest BCUT2D eigenvalue weighted by atomic mass is 9.82. The van der Waals surface area contributed by atoms with Crippen LogP contribution in [-0.4, -0.2) is 35.5 Å². The van der Waals surface area contributed by atoms with Gasteiger partial charge in [0.2, 0.25) is 0 Å². The first-order valence-corrected chi connectivity index (χ1v) is 10.4. The molecule has 2 aromatic carbocycles. The summed E-state index contributed by atoms with van der Waals surface area (Å²) in [6, 6.07) is 8.09. The number of benzene rings is 2. The number of methoxy groups -OCH3 is 5. The van der Waals surface area contributed by atoms with E-state index >= 15 is 0 Å². The summed E-state index contributed by atoms with van der Waals surface area (Å²) >= 11 is 0. The molecule has 0 N–H and O–H groups in total. The maximum Gasteiger partial charge on any atom is 0.164 e. The van der Waals surface area contributed by atoms with Gasteiger partial charge in [0.15, 0.2) is 11.5 Å². The predicted molar refractivity (Wildman–Crippen MR) is 121 cm³/mol. The number of aryl methyl sites for hydroxylation is 1. The highest BCUT2D eigenvalue weighted by molar-refractivity contribution is 5.51. The van der Waals surface area contributed by atoms with Crippen LogP contribution in [0.15, 0.2) is 24.3 Å². The van der Waals surface area contributed by atoms with Gasteiger partial charge in [0.05, 0.1) is 35.5 Å². The summed E-state index contributed by atoms with van der Waals surface area (Å²) < 4.78 is 27.7. The lowest BCUT2D eigenvalue weighted by Gasteiger charge is -2.25. The minimum Gasteiger partial charge on any atom is -0.496 e. The van der Waals surface area contributed by atoms with Gasteiger partial charge in [-0.05, 0) is 66.5 Å². The van der Waals surface area contributed by atoms with E-state index in [0.717, 1.165) is 53.4 Å². The molecule has 0 aliphatic carbocycles. The molecule has 2 rings (SSSR count). The fraction of sp³-hybridized carbons (Fsp3) is 0.520. The Bertz CT molecular complexity index is 831. The average Bonchev–Trinajstić information content (AvgIpc) is 2.77. The molecular formula is C25H36O5. The first-order valence-electron chi connectivity index (χ1n) is 10.4. The van der Waals surface area contributed by atoms with Gasteiger partial charge in [-0.15, -0.1) is 0 Å². The van der Waals surface area contributed by atoms with Gasteiger partial charge in [0.25, 0.3) is 0 Å². The van der Waals surface area contributed by atoms with E-state index in [9.17, 15) is 0 Å². The van der Waals surface area contributed by atoms with E-state index in [2.05, 4.69) is 26.0 Å². The second kappa shape index (κ2) is 11.0. The highest BCUT2D eigenvalue weighted by Gasteiger charge is 2.22. The highest BCUT2D eigenvalue weighted by atomic mass is 16.5. The third kappa shape index (κ3) is 5.32. The number of rotatable bonds is 11. The zero-order chi connectivity index (χ0) is 22.3. The predicted octanol–water partition coefficient (Wildman–Crippen LogP) is 5.49. The summed E-state index contributed by atoms with van der Waals surface area (Å²) in [6.45, 7) is 6.57. The molecule has 2 atom stereocenters. The van der Waals surface area contributed by atoms with E-state index in [1.54, 1.807) is 35.5 Å². The molecule has 5 nitrogen and oxygen atoms in total. The Balaban J connectivity index is 2.29. The largest absolute Gasteiger partial charge is 0.496 e. The lowest BCUT2D eigenvalue weighted by Crippen LogP contribution is -2.17. The second-order valence-corrected chi connectivity index (χ2v) is 7.71. The van der Waals surface area contributed by atoms with Crippen molar-refractivity contribution in [3.63, 3.8) is 0 Å². The Labute approximate surface area is 181 Å². The number of ether oxygens (including phenoxy) is 5. The SMILES string of the molecule is CCC(Cc1cc(OC)c(C)cc1OC)C(C)Cc1cc(OC)c(OC)cc1OC. The van der Waals surface area contributed by atoms with Crippen molar-refractivity contribution in [1.29, 1.82) is 0 Å². The molecule has 0 radical (unpaired) electrons. The molecular weight excluding hydrogens is 380 g/mol. The Morgan fingerprint density at radius 2 is 1.10 bits per heavy atom.